The number of rotatable bonds is 7. The average molecular weight is 495 g/mol. The van der Waals surface area contributed by atoms with Gasteiger partial charge in [-0.2, -0.15) is 0 Å². The van der Waals surface area contributed by atoms with E-state index in [1.807, 2.05) is 6.07 Å². The zero-order valence-corrected chi connectivity index (χ0v) is 21.6. The number of piperazine rings is 1. The third kappa shape index (κ3) is 5.27. The number of H-pyrrole nitrogens is 1. The predicted molar refractivity (Wildman–Crippen MR) is 142 cm³/mol. The molecule has 1 N–H and O–H groups in total. The highest BCUT2D eigenvalue weighted by Gasteiger charge is 2.17. The number of aryl methyl sites for hydroxylation is 1. The summed E-state index contributed by atoms with van der Waals surface area (Å²) in [7, 11) is 2.16. The maximum absolute atomic E-state index is 6.32. The molecule has 0 aliphatic carbocycles. The van der Waals surface area contributed by atoms with Crippen LogP contribution in [0.2, 0.25) is 5.02 Å². The van der Waals surface area contributed by atoms with Crippen LogP contribution in [0.4, 0.5) is 5.82 Å². The van der Waals surface area contributed by atoms with Crippen LogP contribution < -0.4 is 4.90 Å². The average Bonchev–Trinajstić information content (AvgIpc) is 3.45. The number of nitrogens with zero attached hydrogens (tertiary/aromatic N) is 5. The van der Waals surface area contributed by atoms with Crippen LogP contribution in [-0.2, 0) is 12.8 Å². The van der Waals surface area contributed by atoms with Gasteiger partial charge in [0.2, 0.25) is 0 Å². The molecular formula is C26H31ClN6S. The summed E-state index contributed by atoms with van der Waals surface area (Å²) in [5.41, 5.74) is 5.17. The lowest BCUT2D eigenvalue weighted by Gasteiger charge is -2.33. The molecule has 0 spiro atoms. The van der Waals surface area contributed by atoms with Crippen molar-refractivity contribution in [2.24, 2.45) is 5.92 Å². The Hall–Kier alpha value is -2.48. The van der Waals surface area contributed by atoms with Gasteiger partial charge in [-0.15, -0.1) is 11.3 Å². The Balaban J connectivity index is 1.35. The molecule has 0 amide bonds. The number of nitrogens with one attached hydrogen (secondary N) is 1. The monoisotopic (exact) mass is 494 g/mol. The number of benzene rings is 1. The number of aromatic nitrogens is 4. The van der Waals surface area contributed by atoms with Gasteiger partial charge in [0.05, 0.1) is 10.5 Å². The highest BCUT2D eigenvalue weighted by Crippen LogP contribution is 2.27. The summed E-state index contributed by atoms with van der Waals surface area (Å²) in [4.78, 5) is 22.6. The van der Waals surface area contributed by atoms with Crippen LogP contribution in [0, 0.1) is 5.92 Å². The maximum Gasteiger partial charge on any atom is 0.180 e. The van der Waals surface area contributed by atoms with E-state index in [0.29, 0.717) is 5.92 Å². The molecule has 0 unspecified atom stereocenters. The lowest BCUT2D eigenvalue weighted by atomic mass is 9.97. The minimum atomic E-state index is 0.674. The van der Waals surface area contributed by atoms with Crippen molar-refractivity contribution in [3.63, 3.8) is 0 Å². The number of likely N-dealkylation sites (N-methyl/N-ethyl adjacent to an activating group) is 1. The van der Waals surface area contributed by atoms with E-state index >= 15 is 0 Å². The molecule has 8 heteroatoms. The molecule has 34 heavy (non-hydrogen) atoms. The van der Waals surface area contributed by atoms with E-state index < -0.39 is 0 Å². The van der Waals surface area contributed by atoms with Crippen molar-refractivity contribution in [1.29, 1.82) is 0 Å². The van der Waals surface area contributed by atoms with Crippen LogP contribution in [-0.4, -0.2) is 58.1 Å². The van der Waals surface area contributed by atoms with Gasteiger partial charge in [-0.05, 0) is 61.2 Å². The number of halogens is 1. The number of aromatic amines is 1. The van der Waals surface area contributed by atoms with Crippen molar-refractivity contribution >= 4 is 39.9 Å². The SMILES string of the molecule is CC(C)CCc1ccc(Cl)cc1Cc1nc(-c2nc3nc(N4CCN(C)CC4)ccc3[nH]2)cs1. The number of thiazole rings is 1. The first-order chi connectivity index (χ1) is 16.4. The molecule has 3 aromatic heterocycles. The second-order valence-corrected chi connectivity index (χ2v) is 10.9. The first kappa shape index (κ1) is 23.3. The van der Waals surface area contributed by atoms with E-state index in [1.165, 1.54) is 17.5 Å². The zero-order chi connectivity index (χ0) is 23.7. The number of imidazole rings is 1. The minimum Gasteiger partial charge on any atom is -0.354 e. The summed E-state index contributed by atoms with van der Waals surface area (Å²) < 4.78 is 0. The van der Waals surface area contributed by atoms with Gasteiger partial charge < -0.3 is 14.8 Å². The van der Waals surface area contributed by atoms with E-state index in [9.17, 15) is 0 Å². The fraction of sp³-hybridized carbons (Fsp3) is 0.423. The molecule has 1 saturated heterocycles. The number of hydrogen-bond acceptors (Lipinski definition) is 6. The number of pyridine rings is 1. The topological polar surface area (TPSA) is 60.9 Å². The summed E-state index contributed by atoms with van der Waals surface area (Å²) in [6.07, 6.45) is 3.01. The van der Waals surface area contributed by atoms with Gasteiger partial charge in [0.15, 0.2) is 11.5 Å². The Labute approximate surface area is 210 Å². The predicted octanol–water partition coefficient (Wildman–Crippen LogP) is 5.67. The lowest BCUT2D eigenvalue weighted by Crippen LogP contribution is -2.44. The molecule has 1 aromatic carbocycles. The van der Waals surface area contributed by atoms with E-state index in [4.69, 9.17) is 26.6 Å². The van der Waals surface area contributed by atoms with E-state index in [1.54, 1.807) is 11.3 Å². The molecule has 4 heterocycles. The van der Waals surface area contributed by atoms with Gasteiger partial charge in [-0.1, -0.05) is 31.5 Å². The van der Waals surface area contributed by atoms with Crippen LogP contribution in [0.25, 0.3) is 22.7 Å². The molecule has 0 bridgehead atoms. The van der Waals surface area contributed by atoms with E-state index in [-0.39, 0.29) is 0 Å². The molecule has 1 fully saturated rings. The van der Waals surface area contributed by atoms with Crippen LogP contribution >= 0.6 is 22.9 Å². The summed E-state index contributed by atoms with van der Waals surface area (Å²) >= 11 is 7.99. The first-order valence-corrected chi connectivity index (χ1v) is 13.2. The van der Waals surface area contributed by atoms with Crippen LogP contribution in [0.3, 0.4) is 0 Å². The molecule has 178 valence electrons. The first-order valence-electron chi connectivity index (χ1n) is 12.0. The van der Waals surface area contributed by atoms with Gasteiger partial charge in [0.1, 0.15) is 11.5 Å². The third-order valence-corrected chi connectivity index (χ3v) is 7.54. The molecule has 6 nitrogen and oxygen atoms in total. The Morgan fingerprint density at radius 1 is 1.03 bits per heavy atom. The van der Waals surface area contributed by atoms with Crippen molar-refractivity contribution in [3.8, 4) is 11.5 Å². The highest BCUT2D eigenvalue weighted by molar-refractivity contribution is 7.10. The zero-order valence-electron chi connectivity index (χ0n) is 20.0. The van der Waals surface area contributed by atoms with Gasteiger partial charge >= 0.3 is 0 Å². The molecule has 4 aromatic rings. The van der Waals surface area contributed by atoms with E-state index in [2.05, 4.69) is 65.3 Å². The minimum absolute atomic E-state index is 0.674. The smallest absolute Gasteiger partial charge is 0.180 e. The van der Waals surface area contributed by atoms with Crippen molar-refractivity contribution in [2.45, 2.75) is 33.1 Å². The van der Waals surface area contributed by atoms with E-state index in [0.717, 1.165) is 77.6 Å². The van der Waals surface area contributed by atoms with Gasteiger partial charge in [0.25, 0.3) is 0 Å². The van der Waals surface area contributed by atoms with Crippen molar-refractivity contribution < 1.29 is 0 Å². The fourth-order valence-electron chi connectivity index (χ4n) is 4.33. The standard InChI is InChI=1S/C26H31ClN6S/c1-17(2)4-5-18-6-7-20(27)14-19(18)15-24-28-22(16-34-24)26-29-21-8-9-23(30-25(21)31-26)33-12-10-32(3)11-13-33/h6-9,14,16-17H,4-5,10-13,15H2,1-3H3,(H,29,30,31). The third-order valence-electron chi connectivity index (χ3n) is 6.45. The second kappa shape index (κ2) is 10.0. The number of fused-ring (bicyclic) bond motifs is 1. The molecular weight excluding hydrogens is 464 g/mol. The maximum atomic E-state index is 6.32. The summed E-state index contributed by atoms with van der Waals surface area (Å²) in [6, 6.07) is 10.4. The quantitative estimate of drug-likeness (QED) is 0.359. The van der Waals surface area contributed by atoms with Gasteiger partial charge in [0, 0.05) is 43.0 Å². The van der Waals surface area contributed by atoms with Gasteiger partial charge in [-0.25, -0.2) is 15.0 Å². The lowest BCUT2D eigenvalue weighted by molar-refractivity contribution is 0.312. The van der Waals surface area contributed by atoms with Crippen LogP contribution in [0.15, 0.2) is 35.7 Å². The fourth-order valence-corrected chi connectivity index (χ4v) is 5.32. The highest BCUT2D eigenvalue weighted by atomic mass is 35.5. The summed E-state index contributed by atoms with van der Waals surface area (Å²) in [5.74, 6) is 2.44. The molecule has 1 aliphatic rings. The number of anilines is 1. The molecule has 0 saturated carbocycles. The molecule has 0 radical (unpaired) electrons. The Kier molecular flexibility index (Phi) is 6.86. The Morgan fingerprint density at radius 3 is 2.65 bits per heavy atom. The normalized spacial score (nSPS) is 15.0. The molecule has 1 aliphatic heterocycles. The van der Waals surface area contributed by atoms with Crippen molar-refractivity contribution in [3.05, 3.63) is 56.9 Å². The van der Waals surface area contributed by atoms with Crippen molar-refractivity contribution in [1.82, 2.24) is 24.8 Å². The van der Waals surface area contributed by atoms with Gasteiger partial charge in [-0.3, -0.25) is 0 Å². The Morgan fingerprint density at radius 2 is 1.85 bits per heavy atom. The Bertz CT molecular complexity index is 1270. The molecule has 0 atom stereocenters. The van der Waals surface area contributed by atoms with Crippen molar-refractivity contribution in [2.75, 3.05) is 38.1 Å². The second-order valence-electron chi connectivity index (χ2n) is 9.57. The number of hydrogen-bond donors (Lipinski definition) is 1. The molecule has 5 rings (SSSR count). The van der Waals surface area contributed by atoms with Crippen LogP contribution in [0.5, 0.6) is 0 Å². The summed E-state index contributed by atoms with van der Waals surface area (Å²) in [5, 5.41) is 3.92. The largest absolute Gasteiger partial charge is 0.354 e. The van der Waals surface area contributed by atoms with Crippen LogP contribution in [0.1, 0.15) is 36.4 Å². The summed E-state index contributed by atoms with van der Waals surface area (Å²) in [6.45, 7) is 8.62.